The van der Waals surface area contributed by atoms with Gasteiger partial charge in [-0.15, -0.1) is 0 Å². The molecular weight excluding hydrogens is 410 g/mol. The molecule has 1 saturated heterocycles. The standard InChI is InChI=1S/C19H30BrN5O2/c1-2-21-19(24-9-10-25-11-13-27-14-12-25)23-8-4-7-22-18(26)16-5-3-6-17(20)15-16/h3,5-6,15H,2,4,7-14H2,1H3,(H,22,26)(H2,21,23,24). The Balaban J connectivity index is 1.64. The average molecular weight is 440 g/mol. The third-order valence-electron chi connectivity index (χ3n) is 4.15. The largest absolute Gasteiger partial charge is 0.379 e. The van der Waals surface area contributed by atoms with Gasteiger partial charge in [-0.25, -0.2) is 0 Å². The van der Waals surface area contributed by atoms with E-state index in [0.717, 1.165) is 62.8 Å². The van der Waals surface area contributed by atoms with Crippen molar-refractivity contribution >= 4 is 27.8 Å². The highest BCUT2D eigenvalue weighted by Crippen LogP contribution is 2.11. The van der Waals surface area contributed by atoms with E-state index in [1.165, 1.54) is 0 Å². The molecule has 0 unspecified atom stereocenters. The molecule has 0 atom stereocenters. The Morgan fingerprint density at radius 3 is 2.78 bits per heavy atom. The van der Waals surface area contributed by atoms with Crippen LogP contribution in [0.15, 0.2) is 33.7 Å². The van der Waals surface area contributed by atoms with E-state index in [-0.39, 0.29) is 5.91 Å². The van der Waals surface area contributed by atoms with Crippen LogP contribution in [-0.2, 0) is 4.74 Å². The number of benzene rings is 1. The van der Waals surface area contributed by atoms with Gasteiger partial charge in [0.15, 0.2) is 5.96 Å². The van der Waals surface area contributed by atoms with Gasteiger partial charge in [-0.3, -0.25) is 14.7 Å². The molecule has 1 aromatic rings. The monoisotopic (exact) mass is 439 g/mol. The number of ether oxygens (including phenoxy) is 1. The number of morpholine rings is 1. The van der Waals surface area contributed by atoms with E-state index in [0.29, 0.717) is 18.7 Å². The van der Waals surface area contributed by atoms with Gasteiger partial charge in [0.25, 0.3) is 5.91 Å². The normalized spacial score (nSPS) is 15.4. The van der Waals surface area contributed by atoms with Gasteiger partial charge in [0.1, 0.15) is 0 Å². The van der Waals surface area contributed by atoms with Crippen molar-refractivity contribution in [1.82, 2.24) is 20.9 Å². The first-order chi connectivity index (χ1) is 13.2. The summed E-state index contributed by atoms with van der Waals surface area (Å²) >= 11 is 3.38. The number of rotatable bonds is 9. The summed E-state index contributed by atoms with van der Waals surface area (Å²) in [5, 5.41) is 9.55. The van der Waals surface area contributed by atoms with Crippen molar-refractivity contribution in [1.29, 1.82) is 0 Å². The Hall–Kier alpha value is -1.64. The maximum atomic E-state index is 12.1. The average Bonchev–Trinajstić information content (AvgIpc) is 2.68. The van der Waals surface area contributed by atoms with Crippen molar-refractivity contribution in [2.75, 3.05) is 59.0 Å². The summed E-state index contributed by atoms with van der Waals surface area (Å²) in [6.07, 6.45) is 0.791. The maximum absolute atomic E-state index is 12.1. The molecule has 1 heterocycles. The molecule has 1 aromatic carbocycles. The number of nitrogens with zero attached hydrogens (tertiary/aromatic N) is 2. The van der Waals surface area contributed by atoms with Gasteiger partial charge >= 0.3 is 0 Å². The van der Waals surface area contributed by atoms with Gasteiger partial charge in [-0.05, 0) is 31.5 Å². The maximum Gasteiger partial charge on any atom is 0.251 e. The molecule has 1 fully saturated rings. The molecular formula is C19H30BrN5O2. The first kappa shape index (κ1) is 21.7. The van der Waals surface area contributed by atoms with Crippen LogP contribution < -0.4 is 16.0 Å². The molecule has 27 heavy (non-hydrogen) atoms. The van der Waals surface area contributed by atoms with Gasteiger partial charge in [-0.1, -0.05) is 22.0 Å². The van der Waals surface area contributed by atoms with E-state index in [9.17, 15) is 4.79 Å². The van der Waals surface area contributed by atoms with Crippen LogP contribution in [0.3, 0.4) is 0 Å². The fourth-order valence-corrected chi connectivity index (χ4v) is 3.10. The fraction of sp³-hybridized carbons (Fsp3) is 0.579. The molecule has 0 bridgehead atoms. The van der Waals surface area contributed by atoms with Crippen LogP contribution in [-0.4, -0.2) is 75.8 Å². The fourth-order valence-electron chi connectivity index (χ4n) is 2.70. The van der Waals surface area contributed by atoms with Crippen LogP contribution in [0, 0.1) is 0 Å². The first-order valence-corrected chi connectivity index (χ1v) is 10.3. The second-order valence-electron chi connectivity index (χ2n) is 6.26. The van der Waals surface area contributed by atoms with E-state index in [1.54, 1.807) is 6.07 Å². The van der Waals surface area contributed by atoms with Crippen LogP contribution >= 0.6 is 15.9 Å². The lowest BCUT2D eigenvalue weighted by atomic mass is 10.2. The minimum absolute atomic E-state index is 0.0594. The van der Waals surface area contributed by atoms with E-state index in [1.807, 2.05) is 18.2 Å². The minimum atomic E-state index is -0.0594. The molecule has 7 nitrogen and oxygen atoms in total. The summed E-state index contributed by atoms with van der Waals surface area (Å²) in [6.45, 7) is 9.59. The molecule has 1 aliphatic heterocycles. The van der Waals surface area contributed by atoms with Crippen molar-refractivity contribution in [3.8, 4) is 0 Å². The Morgan fingerprint density at radius 1 is 1.22 bits per heavy atom. The number of amides is 1. The number of guanidine groups is 1. The molecule has 0 aromatic heterocycles. The molecule has 8 heteroatoms. The summed E-state index contributed by atoms with van der Waals surface area (Å²) in [5.41, 5.74) is 0.658. The lowest BCUT2D eigenvalue weighted by molar-refractivity contribution is 0.0389. The molecule has 1 amide bonds. The second-order valence-corrected chi connectivity index (χ2v) is 7.18. The van der Waals surface area contributed by atoms with Crippen LogP contribution in [0.4, 0.5) is 0 Å². The zero-order valence-electron chi connectivity index (χ0n) is 16.0. The van der Waals surface area contributed by atoms with Crippen molar-refractivity contribution < 1.29 is 9.53 Å². The molecule has 0 radical (unpaired) electrons. The lowest BCUT2D eigenvalue weighted by Crippen LogP contribution is -2.44. The van der Waals surface area contributed by atoms with Gasteiger partial charge in [0, 0.05) is 55.8 Å². The number of carbonyl (C=O) groups is 1. The van der Waals surface area contributed by atoms with E-state index in [2.05, 4.69) is 48.7 Å². The predicted molar refractivity (Wildman–Crippen MR) is 112 cm³/mol. The number of carbonyl (C=O) groups excluding carboxylic acids is 1. The number of hydrogen-bond donors (Lipinski definition) is 3. The molecule has 0 aliphatic carbocycles. The van der Waals surface area contributed by atoms with Crippen LogP contribution in [0.5, 0.6) is 0 Å². The van der Waals surface area contributed by atoms with Crippen molar-refractivity contribution in [3.63, 3.8) is 0 Å². The Labute approximate surface area is 170 Å². The van der Waals surface area contributed by atoms with E-state index in [4.69, 9.17) is 4.74 Å². The van der Waals surface area contributed by atoms with Gasteiger partial charge in [0.05, 0.1) is 13.2 Å². The van der Waals surface area contributed by atoms with Crippen LogP contribution in [0.25, 0.3) is 0 Å². The molecule has 150 valence electrons. The number of aliphatic imine (C=N–C) groups is 1. The van der Waals surface area contributed by atoms with Crippen LogP contribution in [0.2, 0.25) is 0 Å². The molecule has 0 spiro atoms. The van der Waals surface area contributed by atoms with Gasteiger partial charge in [-0.2, -0.15) is 0 Å². The van der Waals surface area contributed by atoms with Crippen molar-refractivity contribution in [3.05, 3.63) is 34.3 Å². The quantitative estimate of drug-likeness (QED) is 0.308. The summed E-state index contributed by atoms with van der Waals surface area (Å²) in [5.74, 6) is 0.764. The highest BCUT2D eigenvalue weighted by atomic mass is 79.9. The zero-order chi connectivity index (χ0) is 19.3. The predicted octanol–water partition coefficient (Wildman–Crippen LogP) is 1.46. The third-order valence-corrected chi connectivity index (χ3v) is 4.64. The van der Waals surface area contributed by atoms with Gasteiger partial charge in [0.2, 0.25) is 0 Å². The molecule has 2 rings (SSSR count). The van der Waals surface area contributed by atoms with Crippen molar-refractivity contribution in [2.45, 2.75) is 13.3 Å². The summed E-state index contributed by atoms with van der Waals surface area (Å²) < 4.78 is 6.26. The Morgan fingerprint density at radius 2 is 2.04 bits per heavy atom. The van der Waals surface area contributed by atoms with E-state index >= 15 is 0 Å². The Bertz CT molecular complexity index is 606. The topological polar surface area (TPSA) is 78.0 Å². The summed E-state index contributed by atoms with van der Waals surface area (Å²) in [6, 6.07) is 7.38. The van der Waals surface area contributed by atoms with E-state index < -0.39 is 0 Å². The summed E-state index contributed by atoms with van der Waals surface area (Å²) in [4.78, 5) is 19.0. The number of hydrogen-bond acceptors (Lipinski definition) is 4. The second kappa shape index (κ2) is 12.7. The lowest BCUT2D eigenvalue weighted by Gasteiger charge is -2.26. The molecule has 0 saturated carbocycles. The third kappa shape index (κ3) is 8.73. The Kier molecular flexibility index (Phi) is 10.2. The highest BCUT2D eigenvalue weighted by molar-refractivity contribution is 9.10. The minimum Gasteiger partial charge on any atom is -0.379 e. The molecule has 3 N–H and O–H groups in total. The summed E-state index contributed by atoms with van der Waals surface area (Å²) in [7, 11) is 0. The molecule has 1 aliphatic rings. The highest BCUT2D eigenvalue weighted by Gasteiger charge is 2.09. The first-order valence-electron chi connectivity index (χ1n) is 9.55. The van der Waals surface area contributed by atoms with Crippen LogP contribution in [0.1, 0.15) is 23.7 Å². The number of nitrogens with one attached hydrogen (secondary N) is 3. The SMILES string of the molecule is CCNC(=NCCCNC(=O)c1cccc(Br)c1)NCCN1CCOCC1. The smallest absolute Gasteiger partial charge is 0.251 e. The number of halogens is 1. The van der Waals surface area contributed by atoms with Crippen molar-refractivity contribution in [2.24, 2.45) is 4.99 Å². The van der Waals surface area contributed by atoms with Gasteiger partial charge < -0.3 is 20.7 Å². The zero-order valence-corrected chi connectivity index (χ0v) is 17.6.